The van der Waals surface area contributed by atoms with Crippen molar-refractivity contribution in [3.05, 3.63) is 0 Å². The molecule has 0 bridgehead atoms. The molecule has 1 saturated carbocycles. The smallest absolute Gasteiger partial charge is 0.428 e. The average molecular weight is 512 g/mol. The summed E-state index contributed by atoms with van der Waals surface area (Å²) in [4.78, 5) is 38.6. The van der Waals surface area contributed by atoms with E-state index in [9.17, 15) is 14.4 Å². The van der Waals surface area contributed by atoms with E-state index in [2.05, 4.69) is 16.1 Å². The molecule has 5 N–H and O–H groups in total. The predicted molar refractivity (Wildman–Crippen MR) is 144 cm³/mol. The summed E-state index contributed by atoms with van der Waals surface area (Å²) in [6.45, 7) is 9.51. The van der Waals surface area contributed by atoms with E-state index in [0.717, 1.165) is 31.7 Å². The van der Waals surface area contributed by atoms with Gasteiger partial charge in [-0.05, 0) is 64.0 Å². The number of amides is 3. The van der Waals surface area contributed by atoms with Crippen LogP contribution in [0.3, 0.4) is 0 Å². The topological polar surface area (TPSA) is 126 Å². The molecule has 3 amide bonds. The third-order valence-corrected chi connectivity index (χ3v) is 6.66. The number of carbonyl (C=O) groups excluding carboxylic acids is 3. The van der Waals surface area contributed by atoms with Gasteiger partial charge in [0.15, 0.2) is 0 Å². The number of hydrazine groups is 1. The fourth-order valence-corrected chi connectivity index (χ4v) is 4.73. The van der Waals surface area contributed by atoms with E-state index in [1.54, 1.807) is 6.92 Å². The van der Waals surface area contributed by atoms with Gasteiger partial charge in [-0.2, -0.15) is 0 Å². The first kappa shape index (κ1) is 32.2. The third kappa shape index (κ3) is 13.4. The number of ether oxygens (including phenoxy) is 1. The highest BCUT2D eigenvalue weighted by Gasteiger charge is 2.28. The Morgan fingerprint density at radius 3 is 2.31 bits per heavy atom. The summed E-state index contributed by atoms with van der Waals surface area (Å²) in [7, 11) is 0. The van der Waals surface area contributed by atoms with Crippen LogP contribution in [0, 0.1) is 11.8 Å². The molecule has 0 aromatic heterocycles. The van der Waals surface area contributed by atoms with Crippen molar-refractivity contribution in [3.63, 3.8) is 0 Å². The lowest BCUT2D eigenvalue weighted by Gasteiger charge is -2.28. The lowest BCUT2D eigenvalue weighted by molar-refractivity contribution is -0.133. The second kappa shape index (κ2) is 19.3. The van der Waals surface area contributed by atoms with Gasteiger partial charge in [0.25, 0.3) is 5.91 Å². The molecule has 1 fully saturated rings. The van der Waals surface area contributed by atoms with Crippen LogP contribution in [0.2, 0.25) is 0 Å². The zero-order valence-corrected chi connectivity index (χ0v) is 23.3. The van der Waals surface area contributed by atoms with E-state index in [-0.39, 0.29) is 24.5 Å². The number of rotatable bonds is 17. The molecule has 1 rings (SSSR count). The van der Waals surface area contributed by atoms with Gasteiger partial charge in [0.1, 0.15) is 6.04 Å². The molecule has 9 nitrogen and oxygen atoms in total. The first-order valence-corrected chi connectivity index (χ1v) is 14.3. The summed E-state index contributed by atoms with van der Waals surface area (Å²) in [6, 6.07) is -1.10. The maximum absolute atomic E-state index is 13.2. The fraction of sp³-hybridized carbons (Fsp3) is 0.889. The molecule has 0 aromatic rings. The highest BCUT2D eigenvalue weighted by Crippen LogP contribution is 2.27. The summed E-state index contributed by atoms with van der Waals surface area (Å²) in [6.07, 6.45) is 11.9. The second-order valence-electron chi connectivity index (χ2n) is 10.5. The molecule has 210 valence electrons. The van der Waals surface area contributed by atoms with Crippen LogP contribution in [0.4, 0.5) is 4.79 Å². The van der Waals surface area contributed by atoms with Gasteiger partial charge in [0.2, 0.25) is 5.91 Å². The minimum absolute atomic E-state index is 0.138. The zero-order chi connectivity index (χ0) is 26.8. The van der Waals surface area contributed by atoms with Gasteiger partial charge in [-0.25, -0.2) is 9.80 Å². The molecule has 1 aliphatic carbocycles. The van der Waals surface area contributed by atoms with Crippen molar-refractivity contribution in [2.24, 2.45) is 17.6 Å². The van der Waals surface area contributed by atoms with Gasteiger partial charge < -0.3 is 21.1 Å². The van der Waals surface area contributed by atoms with Crippen molar-refractivity contribution >= 4 is 17.9 Å². The highest BCUT2D eigenvalue weighted by molar-refractivity contribution is 5.90. The van der Waals surface area contributed by atoms with E-state index in [1.807, 2.05) is 20.8 Å². The maximum Gasteiger partial charge on any atom is 0.428 e. The Balaban J connectivity index is 2.73. The van der Waals surface area contributed by atoms with Crippen LogP contribution in [0.25, 0.3) is 0 Å². The lowest BCUT2D eigenvalue weighted by Crippen LogP contribution is -2.57. The molecule has 2 atom stereocenters. The molecule has 0 radical (unpaired) electrons. The number of hydrogen-bond acceptors (Lipinski definition) is 6. The van der Waals surface area contributed by atoms with Crippen LogP contribution < -0.4 is 21.8 Å². The fourth-order valence-electron chi connectivity index (χ4n) is 4.73. The Kier molecular flexibility index (Phi) is 17.2. The molecule has 0 aliphatic heterocycles. The van der Waals surface area contributed by atoms with Crippen molar-refractivity contribution in [1.82, 2.24) is 21.1 Å². The minimum atomic E-state index is -0.729. The summed E-state index contributed by atoms with van der Waals surface area (Å²) in [5, 5.41) is 7.58. The number of nitrogens with one attached hydrogen (secondary N) is 3. The Bertz CT molecular complexity index is 625. The van der Waals surface area contributed by atoms with Crippen LogP contribution in [-0.4, -0.2) is 61.2 Å². The molecule has 0 aromatic carbocycles. The first-order valence-electron chi connectivity index (χ1n) is 14.3. The molecule has 36 heavy (non-hydrogen) atoms. The number of nitrogens with zero attached hydrogens (tertiary/aromatic N) is 1. The second-order valence-corrected chi connectivity index (χ2v) is 10.5. The van der Waals surface area contributed by atoms with Crippen molar-refractivity contribution < 1.29 is 19.1 Å². The number of hydrogen-bond donors (Lipinski definition) is 4. The Morgan fingerprint density at radius 2 is 1.69 bits per heavy atom. The normalized spacial score (nSPS) is 15.8. The third-order valence-electron chi connectivity index (χ3n) is 6.66. The molecule has 0 saturated heterocycles. The monoisotopic (exact) mass is 511 g/mol. The van der Waals surface area contributed by atoms with E-state index >= 15 is 0 Å². The Morgan fingerprint density at radius 1 is 0.972 bits per heavy atom. The van der Waals surface area contributed by atoms with Crippen molar-refractivity contribution in [2.45, 2.75) is 117 Å². The molecular formula is C27H53N5O4. The molecule has 0 spiro atoms. The highest BCUT2D eigenvalue weighted by atomic mass is 16.6. The lowest BCUT2D eigenvalue weighted by atomic mass is 9.86. The molecule has 0 heterocycles. The van der Waals surface area contributed by atoms with Crippen molar-refractivity contribution in [3.8, 4) is 0 Å². The summed E-state index contributed by atoms with van der Waals surface area (Å²) in [5.74, 6) is 0.372. The SMILES string of the molecule is CCC[C@H](NC(=O)[C@H](CCCCN)NCCCC1CCCCC1)C(=O)NN(CC(C)C)C(=O)OCC. The van der Waals surface area contributed by atoms with Crippen LogP contribution in [0.5, 0.6) is 0 Å². The molecular weight excluding hydrogens is 458 g/mol. The number of unbranched alkanes of at least 4 members (excludes halogenated alkanes) is 1. The van der Waals surface area contributed by atoms with Gasteiger partial charge in [0, 0.05) is 6.54 Å². The van der Waals surface area contributed by atoms with Crippen LogP contribution in [0.1, 0.15) is 105 Å². The standard InChI is InChI=1S/C27H53N5O4/c1-5-13-24(26(34)31-32(20-21(3)4)27(35)36-6-2)30-25(33)23(17-10-11-18-28)29-19-12-16-22-14-8-7-9-15-22/h21-24,29H,5-20,28H2,1-4H3,(H,30,33)(H,31,34)/t23-,24-/m0/s1. The number of nitrogens with two attached hydrogens (primary N) is 1. The first-order chi connectivity index (χ1) is 17.3. The Labute approximate surface area is 219 Å². The van der Waals surface area contributed by atoms with Crippen molar-refractivity contribution in [2.75, 3.05) is 26.2 Å². The maximum atomic E-state index is 13.2. The zero-order valence-electron chi connectivity index (χ0n) is 23.3. The average Bonchev–Trinajstić information content (AvgIpc) is 2.85. The van der Waals surface area contributed by atoms with Gasteiger partial charge in [0.05, 0.1) is 12.6 Å². The van der Waals surface area contributed by atoms with Crippen molar-refractivity contribution in [1.29, 1.82) is 0 Å². The molecule has 0 unspecified atom stereocenters. The van der Waals surface area contributed by atoms with Crippen LogP contribution in [0.15, 0.2) is 0 Å². The Hall–Kier alpha value is -1.87. The van der Waals surface area contributed by atoms with E-state index in [0.29, 0.717) is 32.4 Å². The number of carbonyl (C=O) groups is 3. The van der Waals surface area contributed by atoms with Crippen LogP contribution >= 0.6 is 0 Å². The van der Waals surface area contributed by atoms with Crippen LogP contribution in [-0.2, 0) is 14.3 Å². The van der Waals surface area contributed by atoms with E-state index < -0.39 is 18.0 Å². The summed E-state index contributed by atoms with van der Waals surface area (Å²) in [5.41, 5.74) is 8.34. The minimum Gasteiger partial charge on any atom is -0.448 e. The largest absolute Gasteiger partial charge is 0.448 e. The van der Waals surface area contributed by atoms with Gasteiger partial charge in [-0.1, -0.05) is 65.7 Å². The summed E-state index contributed by atoms with van der Waals surface area (Å²) < 4.78 is 5.08. The predicted octanol–water partition coefficient (Wildman–Crippen LogP) is 3.86. The van der Waals surface area contributed by atoms with E-state index in [4.69, 9.17) is 10.5 Å². The molecule has 1 aliphatic rings. The quantitative estimate of drug-likeness (QED) is 0.174. The van der Waals surface area contributed by atoms with Gasteiger partial charge in [-0.15, -0.1) is 0 Å². The molecule has 9 heteroatoms. The van der Waals surface area contributed by atoms with Gasteiger partial charge >= 0.3 is 6.09 Å². The summed E-state index contributed by atoms with van der Waals surface area (Å²) >= 11 is 0. The van der Waals surface area contributed by atoms with E-state index in [1.165, 1.54) is 43.5 Å². The van der Waals surface area contributed by atoms with Gasteiger partial charge in [-0.3, -0.25) is 15.0 Å².